The first-order valence-electron chi connectivity index (χ1n) is 11.3. The van der Waals surface area contributed by atoms with Gasteiger partial charge >= 0.3 is 5.63 Å². The summed E-state index contributed by atoms with van der Waals surface area (Å²) in [5.41, 5.74) is -4.46. The maximum atomic E-state index is 12.1. The van der Waals surface area contributed by atoms with Crippen molar-refractivity contribution in [2.45, 2.75) is 30.6 Å². The number of aliphatic hydroxyl groups is 3. The molecule has 0 saturated carbocycles. The van der Waals surface area contributed by atoms with Gasteiger partial charge in [0.2, 0.25) is 4.29 Å². The first-order valence-corrected chi connectivity index (χ1v) is 7.12. The molecule has 0 bridgehead atoms. The largest absolute Gasteiger partial charge is 0.477 e. The van der Waals surface area contributed by atoms with Crippen molar-refractivity contribution in [2.75, 3.05) is 5.75 Å². The van der Waals surface area contributed by atoms with E-state index in [2.05, 4.69) is 15.3 Å². The van der Waals surface area contributed by atoms with Crippen LogP contribution >= 0.6 is 11.8 Å². The van der Waals surface area contributed by atoms with Gasteiger partial charge in [-0.05, 0) is 24.5 Å². The zero-order valence-electron chi connectivity index (χ0n) is 21.8. The molecule has 0 amide bonds. The predicted octanol–water partition coefficient (Wildman–Crippen LogP) is 0.636. The molecule has 2 heterocycles. The molecule has 4 atom stereocenters. The summed E-state index contributed by atoms with van der Waals surface area (Å²) >= 11 is 0.780. The van der Waals surface area contributed by atoms with Gasteiger partial charge in [0, 0.05) is 27.3 Å². The van der Waals surface area contributed by atoms with Crippen molar-refractivity contribution in [2.24, 2.45) is 0 Å². The van der Waals surface area contributed by atoms with E-state index < -0.39 is 82.7 Å². The summed E-state index contributed by atoms with van der Waals surface area (Å²) in [6.07, 6.45) is -5.24. The van der Waals surface area contributed by atoms with Crippen LogP contribution in [0.2, 0.25) is 0 Å². The van der Waals surface area contributed by atoms with E-state index in [9.17, 15) is 4.79 Å². The van der Waals surface area contributed by atoms with E-state index in [0.29, 0.717) is 0 Å². The van der Waals surface area contributed by atoms with Crippen LogP contribution in [0.5, 0.6) is 5.75 Å². The minimum atomic E-state index is -3.03. The summed E-state index contributed by atoms with van der Waals surface area (Å²) in [7, 11) is 0. The maximum absolute atomic E-state index is 12.1. The number of thioether (sulfide) groups is 1. The minimum Gasteiger partial charge on any atom is -0.477 e. The third-order valence-electron chi connectivity index (χ3n) is 2.91. The van der Waals surface area contributed by atoms with E-state index in [1.807, 2.05) is 0 Å². The molecule has 0 spiro atoms. The Morgan fingerprint density at radius 1 is 1.50 bits per heavy atom. The van der Waals surface area contributed by atoms with E-state index >= 15 is 0 Å². The van der Waals surface area contributed by atoms with Crippen molar-refractivity contribution in [1.29, 1.82) is 4.29 Å². The second-order valence-electron chi connectivity index (χ2n) is 4.44. The molecule has 118 valence electrons. The number of hydrogen-bond donors (Lipinski definition) is 3. The van der Waals surface area contributed by atoms with Crippen LogP contribution in [0.1, 0.15) is 16.5 Å². The average molecular weight is 335 g/mol. The topological polar surface area (TPSA) is 100 Å². The van der Waals surface area contributed by atoms with Crippen molar-refractivity contribution >= 4 is 22.7 Å². The Hall–Kier alpha value is -1.54. The fourth-order valence-corrected chi connectivity index (χ4v) is 2.84. The molecule has 22 heavy (non-hydrogen) atoms. The summed E-state index contributed by atoms with van der Waals surface area (Å²) in [6, 6.07) is -3.44. The van der Waals surface area contributed by atoms with Gasteiger partial charge in [-0.2, -0.15) is 0 Å². The molecule has 1 aliphatic rings. The summed E-state index contributed by atoms with van der Waals surface area (Å²) in [5, 5.41) is 12.6. The molecule has 0 radical (unpaired) electrons. The van der Waals surface area contributed by atoms with Gasteiger partial charge in [0.05, 0.1) is 13.0 Å². The molecule has 6 nitrogen and oxygen atoms in total. The highest BCUT2D eigenvalue weighted by Gasteiger charge is 2.38. The fourth-order valence-electron chi connectivity index (χ4n) is 1.84. The Balaban J connectivity index is 2.22. The van der Waals surface area contributed by atoms with Gasteiger partial charge in [-0.25, -0.2) is 4.79 Å². The minimum absolute atomic E-state index is 0.0653. The van der Waals surface area contributed by atoms with Gasteiger partial charge in [-0.15, -0.1) is 11.8 Å². The van der Waals surface area contributed by atoms with Crippen LogP contribution in [0.4, 0.5) is 0 Å². The van der Waals surface area contributed by atoms with Crippen LogP contribution in [-0.4, -0.2) is 49.1 Å². The zero-order valence-corrected chi connectivity index (χ0v) is 11.6. The number of ether oxygens (including phenoxy) is 1. The maximum Gasteiger partial charge on any atom is 0.336 e. The Morgan fingerprint density at radius 3 is 3.23 bits per heavy atom. The van der Waals surface area contributed by atoms with Gasteiger partial charge in [-0.1, -0.05) is 0 Å². The number of aliphatic hydroxyl groups excluding tert-OH is 2. The Kier molecular flexibility index (Phi) is 1.86. The second kappa shape index (κ2) is 5.92. The highest BCUT2D eigenvalue weighted by molar-refractivity contribution is 7.99. The summed E-state index contributed by atoms with van der Waals surface area (Å²) in [6.45, 7) is -3.03. The molecular formula is C15H16O6S. The molecule has 1 saturated heterocycles. The van der Waals surface area contributed by atoms with Crippen molar-refractivity contribution in [1.82, 2.24) is 0 Å². The van der Waals surface area contributed by atoms with Gasteiger partial charge in [0.1, 0.15) is 23.5 Å². The van der Waals surface area contributed by atoms with Gasteiger partial charge in [0.15, 0.2) is 5.44 Å². The first-order chi connectivity index (χ1) is 15.3. The van der Waals surface area contributed by atoms with Crippen molar-refractivity contribution in [3.8, 4) is 5.75 Å². The van der Waals surface area contributed by atoms with E-state index in [1.165, 1.54) is 0 Å². The quantitative estimate of drug-likeness (QED) is 0.689. The van der Waals surface area contributed by atoms with Gasteiger partial charge in [0.25, 0.3) is 0 Å². The van der Waals surface area contributed by atoms with E-state index in [0.717, 1.165) is 11.8 Å². The lowest BCUT2D eigenvalue weighted by Crippen LogP contribution is -2.50. The average Bonchev–Trinajstić information content (AvgIpc) is 2.76. The molecular weight excluding hydrogens is 308 g/mol. The Bertz CT molecular complexity index is 1120. The second-order valence-corrected chi connectivity index (χ2v) is 5.54. The van der Waals surface area contributed by atoms with Crippen LogP contribution in [0.15, 0.2) is 33.4 Å². The molecule has 0 unspecified atom stereocenters. The lowest BCUT2D eigenvalue weighted by molar-refractivity contribution is -0.0786. The van der Waals surface area contributed by atoms with Crippen LogP contribution < -0.4 is 10.4 Å². The molecule has 2 aromatic rings. The summed E-state index contributed by atoms with van der Waals surface area (Å²) < 4.78 is 95.8. The number of benzene rings is 1. The third kappa shape index (κ3) is 2.85. The van der Waals surface area contributed by atoms with E-state index in [4.69, 9.17) is 24.4 Å². The van der Waals surface area contributed by atoms with Gasteiger partial charge < -0.3 is 24.5 Å². The molecule has 1 aliphatic heterocycles. The third-order valence-corrected chi connectivity index (χ3v) is 4.07. The predicted molar refractivity (Wildman–Crippen MR) is 82.1 cm³/mol. The molecule has 0 aliphatic carbocycles. The Morgan fingerprint density at radius 2 is 2.45 bits per heavy atom. The standard InChI is InChI=1S/C15H16O6S/c1-7-4-12(17)21-11-5-8(2-3-9(7)11)20-15-14(19)13(18)10(16)6-22-15/h2-5,10,13-16,18-19H,6H2,1H3/t10-,13+,14-,15+/m1/s1/i1D3,2D,3D,4D,5D,14D,16D,18D,19D. The van der Waals surface area contributed by atoms with Crippen LogP contribution in [0.25, 0.3) is 11.0 Å². The SMILES string of the molecule is [2H]O[C@@H]1CS[C@H](Oc2c([2H])c([2H])c3c(C([2H])([2H])[2H])c([2H])c(=O)oc3c2[2H])[C@]([2H])(O[2H])[C@H]1O[2H]. The fraction of sp³-hybridized carbons (Fsp3) is 0.400. The summed E-state index contributed by atoms with van der Waals surface area (Å²) in [4.78, 5) is 12.1. The lowest BCUT2D eigenvalue weighted by atomic mass is 10.1. The number of hydrogen-bond acceptors (Lipinski definition) is 7. The number of rotatable bonds is 5. The molecule has 1 aromatic heterocycles. The molecule has 1 fully saturated rings. The van der Waals surface area contributed by atoms with Crippen molar-refractivity contribution < 1.29 is 35.4 Å². The highest BCUT2D eigenvalue weighted by Crippen LogP contribution is 2.30. The first kappa shape index (κ1) is 6.92. The summed E-state index contributed by atoms with van der Waals surface area (Å²) in [5.74, 6) is -0.755. The lowest BCUT2D eigenvalue weighted by Gasteiger charge is -2.34. The van der Waals surface area contributed by atoms with Crippen LogP contribution in [-0.2, 0) is 0 Å². The van der Waals surface area contributed by atoms with E-state index in [-0.39, 0.29) is 5.75 Å². The zero-order chi connectivity index (χ0) is 24.9. The van der Waals surface area contributed by atoms with Crippen molar-refractivity contribution in [3.05, 3.63) is 40.2 Å². The molecule has 3 rings (SSSR count). The van der Waals surface area contributed by atoms with Crippen LogP contribution in [0.3, 0.4) is 0 Å². The molecule has 1 aromatic carbocycles. The highest BCUT2D eigenvalue weighted by atomic mass is 32.2. The molecule has 7 heteroatoms. The molecule has 3 N–H and O–H groups in total. The number of fused-ring (bicyclic) bond motifs is 1. The van der Waals surface area contributed by atoms with Gasteiger partial charge in [-0.3, -0.25) is 0 Å². The van der Waals surface area contributed by atoms with Crippen LogP contribution in [0, 0.1) is 6.85 Å². The Labute approximate surface area is 146 Å². The monoisotopic (exact) mass is 335 g/mol. The normalized spacial score (nSPS) is 39.6. The smallest absolute Gasteiger partial charge is 0.336 e. The number of aryl methyl sites for hydroxylation is 1. The van der Waals surface area contributed by atoms with Crippen molar-refractivity contribution in [3.63, 3.8) is 0 Å². The van der Waals surface area contributed by atoms with E-state index in [1.54, 1.807) is 0 Å².